The topological polar surface area (TPSA) is 20.3 Å². The maximum Gasteiger partial charge on any atom is 0.230 e. The van der Waals surface area contributed by atoms with Gasteiger partial charge < -0.3 is 4.90 Å². The molecule has 0 aromatic heterocycles. The van der Waals surface area contributed by atoms with Crippen LogP contribution in [0.15, 0.2) is 24.3 Å². The molecule has 1 aliphatic heterocycles. The van der Waals surface area contributed by atoms with Crippen LogP contribution in [0.1, 0.15) is 44.6 Å². The van der Waals surface area contributed by atoms with Crippen molar-refractivity contribution in [3.63, 3.8) is 0 Å². The summed E-state index contributed by atoms with van der Waals surface area (Å²) in [6.07, 6.45) is 3.41. The van der Waals surface area contributed by atoms with E-state index in [0.29, 0.717) is 0 Å². The van der Waals surface area contributed by atoms with Gasteiger partial charge in [-0.1, -0.05) is 26.0 Å². The van der Waals surface area contributed by atoms with Crippen molar-refractivity contribution < 1.29 is 9.18 Å². The SMILES string of the molecule is CC(C)C(C(=O)N1CCCCC1)c1ccc(F)cc1. The van der Waals surface area contributed by atoms with Crippen molar-refractivity contribution in [1.82, 2.24) is 4.90 Å². The van der Waals surface area contributed by atoms with Gasteiger partial charge in [0.1, 0.15) is 5.82 Å². The molecular weight excluding hydrogens is 241 g/mol. The molecule has 1 fully saturated rings. The predicted octanol–water partition coefficient (Wildman–Crippen LogP) is 3.58. The smallest absolute Gasteiger partial charge is 0.230 e. The highest BCUT2D eigenvalue weighted by molar-refractivity contribution is 5.84. The Labute approximate surface area is 114 Å². The maximum atomic E-state index is 13.0. The van der Waals surface area contributed by atoms with Gasteiger partial charge in [0.25, 0.3) is 0 Å². The van der Waals surface area contributed by atoms with Gasteiger partial charge in [0.05, 0.1) is 5.92 Å². The van der Waals surface area contributed by atoms with Gasteiger partial charge in [-0.2, -0.15) is 0 Å². The molecule has 3 heteroatoms. The fourth-order valence-corrected chi connectivity index (χ4v) is 2.79. The Morgan fingerprint density at radius 3 is 2.21 bits per heavy atom. The first kappa shape index (κ1) is 14.0. The summed E-state index contributed by atoms with van der Waals surface area (Å²) < 4.78 is 13.0. The third-order valence-corrected chi connectivity index (χ3v) is 3.83. The van der Waals surface area contributed by atoms with Crippen LogP contribution in [0.5, 0.6) is 0 Å². The summed E-state index contributed by atoms with van der Waals surface area (Å²) in [6.45, 7) is 5.83. The fourth-order valence-electron chi connectivity index (χ4n) is 2.79. The van der Waals surface area contributed by atoms with Gasteiger partial charge in [0, 0.05) is 13.1 Å². The first-order valence-corrected chi connectivity index (χ1v) is 7.14. The molecule has 1 unspecified atom stereocenters. The molecule has 0 bridgehead atoms. The van der Waals surface area contributed by atoms with E-state index in [4.69, 9.17) is 0 Å². The molecule has 0 spiro atoms. The van der Waals surface area contributed by atoms with Gasteiger partial charge in [0.15, 0.2) is 0 Å². The van der Waals surface area contributed by atoms with Gasteiger partial charge in [-0.05, 0) is 42.9 Å². The number of carbonyl (C=O) groups excluding carboxylic acids is 1. The highest BCUT2D eigenvalue weighted by atomic mass is 19.1. The molecule has 2 nitrogen and oxygen atoms in total. The highest BCUT2D eigenvalue weighted by Gasteiger charge is 2.29. The monoisotopic (exact) mass is 263 g/mol. The van der Waals surface area contributed by atoms with Crippen LogP contribution in [0.3, 0.4) is 0 Å². The minimum absolute atomic E-state index is 0.154. The first-order valence-electron chi connectivity index (χ1n) is 7.14. The van der Waals surface area contributed by atoms with Gasteiger partial charge in [-0.3, -0.25) is 4.79 Å². The summed E-state index contributed by atoms with van der Waals surface area (Å²) in [6, 6.07) is 6.35. The molecule has 1 aliphatic rings. The lowest BCUT2D eigenvalue weighted by atomic mass is 9.86. The molecule has 1 heterocycles. The number of nitrogens with zero attached hydrogens (tertiary/aromatic N) is 1. The van der Waals surface area contributed by atoms with Crippen molar-refractivity contribution in [1.29, 1.82) is 0 Å². The molecule has 1 aromatic carbocycles. The summed E-state index contributed by atoms with van der Waals surface area (Å²) in [5, 5.41) is 0. The lowest BCUT2D eigenvalue weighted by Gasteiger charge is -2.32. The number of amides is 1. The fraction of sp³-hybridized carbons (Fsp3) is 0.562. The van der Waals surface area contributed by atoms with E-state index in [1.165, 1.54) is 18.6 Å². The van der Waals surface area contributed by atoms with Crippen molar-refractivity contribution >= 4 is 5.91 Å². The zero-order valence-corrected chi connectivity index (χ0v) is 11.7. The number of likely N-dealkylation sites (tertiary alicyclic amines) is 1. The van der Waals surface area contributed by atoms with Crippen LogP contribution in [0, 0.1) is 11.7 Å². The molecule has 19 heavy (non-hydrogen) atoms. The Kier molecular flexibility index (Phi) is 4.56. The Morgan fingerprint density at radius 1 is 1.11 bits per heavy atom. The second-order valence-electron chi connectivity index (χ2n) is 5.66. The first-order chi connectivity index (χ1) is 9.09. The third kappa shape index (κ3) is 3.34. The highest BCUT2D eigenvalue weighted by Crippen LogP contribution is 2.28. The molecule has 0 radical (unpaired) electrons. The Balaban J connectivity index is 2.19. The van der Waals surface area contributed by atoms with Gasteiger partial charge in [-0.15, -0.1) is 0 Å². The van der Waals surface area contributed by atoms with E-state index in [1.54, 1.807) is 12.1 Å². The minimum Gasteiger partial charge on any atom is -0.342 e. The van der Waals surface area contributed by atoms with Crippen LogP contribution < -0.4 is 0 Å². The van der Waals surface area contributed by atoms with E-state index in [1.807, 2.05) is 4.90 Å². The van der Waals surface area contributed by atoms with Gasteiger partial charge in [-0.25, -0.2) is 4.39 Å². The van der Waals surface area contributed by atoms with E-state index in [9.17, 15) is 9.18 Å². The van der Waals surface area contributed by atoms with Crippen molar-refractivity contribution in [2.24, 2.45) is 5.92 Å². The van der Waals surface area contributed by atoms with Crippen LogP contribution in [0.25, 0.3) is 0 Å². The molecule has 0 N–H and O–H groups in total. The zero-order valence-electron chi connectivity index (χ0n) is 11.7. The molecule has 1 aromatic rings. The Morgan fingerprint density at radius 2 is 1.68 bits per heavy atom. The molecule has 0 aliphatic carbocycles. The number of halogens is 1. The standard InChI is InChI=1S/C16H22FNO/c1-12(2)15(13-6-8-14(17)9-7-13)16(19)18-10-4-3-5-11-18/h6-9,12,15H,3-5,10-11H2,1-2H3. The van der Waals surface area contributed by atoms with Crippen molar-refractivity contribution in [2.75, 3.05) is 13.1 Å². The van der Waals surface area contributed by atoms with E-state index in [-0.39, 0.29) is 23.6 Å². The molecule has 1 saturated heterocycles. The van der Waals surface area contributed by atoms with E-state index < -0.39 is 0 Å². The number of piperidine rings is 1. The van der Waals surface area contributed by atoms with Crippen LogP contribution in [0.2, 0.25) is 0 Å². The number of benzene rings is 1. The normalized spacial score (nSPS) is 17.6. The summed E-state index contributed by atoms with van der Waals surface area (Å²) >= 11 is 0. The van der Waals surface area contributed by atoms with Crippen LogP contribution >= 0.6 is 0 Å². The summed E-state index contributed by atoms with van der Waals surface area (Å²) in [5.41, 5.74) is 0.923. The minimum atomic E-state index is -0.253. The van der Waals surface area contributed by atoms with E-state index >= 15 is 0 Å². The summed E-state index contributed by atoms with van der Waals surface area (Å²) in [7, 11) is 0. The van der Waals surface area contributed by atoms with Crippen molar-refractivity contribution in [2.45, 2.75) is 39.0 Å². The second-order valence-corrected chi connectivity index (χ2v) is 5.66. The lowest BCUT2D eigenvalue weighted by Crippen LogP contribution is -2.40. The largest absolute Gasteiger partial charge is 0.342 e. The van der Waals surface area contributed by atoms with Crippen molar-refractivity contribution in [3.05, 3.63) is 35.6 Å². The number of hydrogen-bond donors (Lipinski definition) is 0. The zero-order chi connectivity index (χ0) is 13.8. The summed E-state index contributed by atoms with van der Waals surface area (Å²) in [4.78, 5) is 14.6. The van der Waals surface area contributed by atoms with Gasteiger partial charge in [0.2, 0.25) is 5.91 Å². The molecule has 1 amide bonds. The molecule has 0 saturated carbocycles. The molecular formula is C16H22FNO. The predicted molar refractivity (Wildman–Crippen MR) is 74.4 cm³/mol. The third-order valence-electron chi connectivity index (χ3n) is 3.83. The van der Waals surface area contributed by atoms with Crippen LogP contribution in [-0.4, -0.2) is 23.9 Å². The maximum absolute atomic E-state index is 13.0. The number of rotatable bonds is 3. The average molecular weight is 263 g/mol. The van der Waals surface area contributed by atoms with E-state index in [0.717, 1.165) is 31.5 Å². The Bertz CT molecular complexity index is 421. The van der Waals surface area contributed by atoms with Crippen molar-refractivity contribution in [3.8, 4) is 0 Å². The molecule has 1 atom stereocenters. The Hall–Kier alpha value is -1.38. The molecule has 104 valence electrons. The quantitative estimate of drug-likeness (QED) is 0.816. The number of carbonyl (C=O) groups is 1. The number of hydrogen-bond acceptors (Lipinski definition) is 1. The van der Waals surface area contributed by atoms with Gasteiger partial charge >= 0.3 is 0 Å². The summed E-state index contributed by atoms with van der Waals surface area (Å²) in [5.74, 6) is 0.0107. The lowest BCUT2D eigenvalue weighted by molar-refractivity contribution is -0.134. The molecule has 2 rings (SSSR count). The van der Waals surface area contributed by atoms with E-state index in [2.05, 4.69) is 13.8 Å². The second kappa shape index (κ2) is 6.18. The van der Waals surface area contributed by atoms with Crippen LogP contribution in [0.4, 0.5) is 4.39 Å². The van der Waals surface area contributed by atoms with Crippen LogP contribution in [-0.2, 0) is 4.79 Å². The average Bonchev–Trinajstić information content (AvgIpc) is 2.42.